The summed E-state index contributed by atoms with van der Waals surface area (Å²) in [5.41, 5.74) is 1.66. The third-order valence-electron chi connectivity index (χ3n) is 13.1. The third-order valence-corrected chi connectivity index (χ3v) is 13.1. The fourth-order valence-corrected chi connectivity index (χ4v) is 10.0. The molecule has 2 saturated carbocycles. The molecule has 2 aliphatic carbocycles. The summed E-state index contributed by atoms with van der Waals surface area (Å²) in [7, 11) is 0. The second-order valence-electron chi connectivity index (χ2n) is 17.1. The molecule has 0 aromatic heterocycles. The van der Waals surface area contributed by atoms with Crippen LogP contribution in [0, 0.1) is 11.8 Å². The molecule has 6 atom stereocenters. The fourth-order valence-electron chi connectivity index (χ4n) is 10.0. The van der Waals surface area contributed by atoms with Crippen molar-refractivity contribution >= 4 is 35.2 Å². The van der Waals surface area contributed by atoms with Crippen LogP contribution in [0.4, 0.5) is 0 Å². The standard InChI is InChI=1S/C24H32N2O4.C22H28N2O4/c27-20-16-30-21-13-14-26(23(20)21)24(29)19(15-18-9-5-2-6-10-18)25-22(28)12-11-17-7-3-1-4-8-17;25-18-14-28-19-11-12-24(20(18)19)22(27)17(13-15-7-3-1-4-8-15)23-21(26)16-9-5-2-6-10-16/h1,3-4,7-8,18-19,21,23H,2,5-6,9-16H2,(H,25,28);2,5-6,9-10,15,17,19-20H,1,3-4,7-8,11-14H2,(H,23,26). The van der Waals surface area contributed by atoms with Gasteiger partial charge < -0.3 is 29.9 Å². The van der Waals surface area contributed by atoms with Crippen molar-refractivity contribution in [2.24, 2.45) is 11.8 Å². The molecule has 6 unspecified atom stereocenters. The van der Waals surface area contributed by atoms with E-state index in [0.29, 0.717) is 69.0 Å². The smallest absolute Gasteiger partial charge is 0.251 e. The maximum Gasteiger partial charge on any atom is 0.251 e. The lowest BCUT2D eigenvalue weighted by Gasteiger charge is -2.31. The Morgan fingerprint density at radius 3 is 1.57 bits per heavy atom. The van der Waals surface area contributed by atoms with Crippen molar-refractivity contribution in [1.82, 2.24) is 20.4 Å². The highest BCUT2D eigenvalue weighted by Gasteiger charge is 2.49. The predicted molar refractivity (Wildman–Crippen MR) is 217 cm³/mol. The van der Waals surface area contributed by atoms with E-state index in [2.05, 4.69) is 10.6 Å². The van der Waals surface area contributed by atoms with Crippen LogP contribution in [0.15, 0.2) is 60.7 Å². The Kier molecular flexibility index (Phi) is 14.4. The van der Waals surface area contributed by atoms with Gasteiger partial charge >= 0.3 is 0 Å². The van der Waals surface area contributed by atoms with E-state index < -0.39 is 24.2 Å². The van der Waals surface area contributed by atoms with Gasteiger partial charge in [0, 0.05) is 25.1 Å². The molecule has 12 heteroatoms. The van der Waals surface area contributed by atoms with Crippen molar-refractivity contribution in [2.45, 2.75) is 139 Å². The van der Waals surface area contributed by atoms with Gasteiger partial charge in [0.1, 0.15) is 37.4 Å². The number of benzene rings is 2. The van der Waals surface area contributed by atoms with Crippen LogP contribution in [0.25, 0.3) is 0 Å². The SMILES string of the molecule is O=C(CCc1ccccc1)NC(CC1CCCCC1)C(=O)N1CCC2OCC(=O)C21.O=C(NC(CC1CCCCC1)C(=O)N1CCC2OCC(=O)C21)c1ccccc1. The lowest BCUT2D eigenvalue weighted by atomic mass is 9.84. The molecular formula is C46H60N4O8. The summed E-state index contributed by atoms with van der Waals surface area (Å²) < 4.78 is 11.1. The minimum absolute atomic E-state index is 0.0160. The summed E-state index contributed by atoms with van der Waals surface area (Å²) in [4.78, 5) is 80.0. The molecule has 4 aliphatic heterocycles. The molecule has 58 heavy (non-hydrogen) atoms. The van der Waals surface area contributed by atoms with Gasteiger partial charge in [-0.2, -0.15) is 0 Å². The van der Waals surface area contributed by atoms with E-state index in [9.17, 15) is 28.8 Å². The van der Waals surface area contributed by atoms with Gasteiger partial charge in [-0.25, -0.2) is 0 Å². The van der Waals surface area contributed by atoms with Crippen molar-refractivity contribution in [1.29, 1.82) is 0 Å². The van der Waals surface area contributed by atoms with Crippen molar-refractivity contribution in [3.63, 3.8) is 0 Å². The Hall–Kier alpha value is -4.42. The van der Waals surface area contributed by atoms with Crippen LogP contribution in [0.2, 0.25) is 0 Å². The molecule has 6 fully saturated rings. The number of carbonyl (C=O) groups is 6. The van der Waals surface area contributed by atoms with E-state index in [0.717, 1.165) is 31.2 Å². The molecule has 4 saturated heterocycles. The van der Waals surface area contributed by atoms with Crippen LogP contribution in [0.3, 0.4) is 0 Å². The van der Waals surface area contributed by atoms with Crippen LogP contribution >= 0.6 is 0 Å². The lowest BCUT2D eigenvalue weighted by Crippen LogP contribution is -2.53. The Morgan fingerprint density at radius 1 is 0.603 bits per heavy atom. The molecule has 2 aromatic carbocycles. The predicted octanol–water partition coefficient (Wildman–Crippen LogP) is 4.97. The molecule has 12 nitrogen and oxygen atoms in total. The average molecular weight is 797 g/mol. The first-order chi connectivity index (χ1) is 28.2. The van der Waals surface area contributed by atoms with Crippen molar-refractivity contribution < 1.29 is 38.2 Å². The normalized spacial score (nSPS) is 25.7. The number of nitrogens with zero attached hydrogens (tertiary/aromatic N) is 2. The first-order valence-electron chi connectivity index (χ1n) is 21.8. The Labute approximate surface area is 342 Å². The van der Waals surface area contributed by atoms with Crippen molar-refractivity contribution in [2.75, 3.05) is 26.3 Å². The number of nitrogens with one attached hydrogen (secondary N) is 2. The number of aryl methyl sites for hydroxylation is 1. The van der Waals surface area contributed by atoms with E-state index in [4.69, 9.17) is 9.47 Å². The first-order valence-corrected chi connectivity index (χ1v) is 21.8. The number of ether oxygens (including phenoxy) is 2. The van der Waals surface area contributed by atoms with Crippen LogP contribution < -0.4 is 10.6 Å². The second kappa shape index (κ2) is 20.0. The maximum absolute atomic E-state index is 13.4. The van der Waals surface area contributed by atoms with Gasteiger partial charge in [-0.05, 0) is 61.6 Å². The molecule has 312 valence electrons. The Bertz CT molecular complexity index is 1740. The third kappa shape index (κ3) is 10.4. The average Bonchev–Trinajstić information content (AvgIpc) is 4.05. The van der Waals surface area contributed by atoms with Gasteiger partial charge in [0.15, 0.2) is 11.6 Å². The first kappa shape index (κ1) is 41.7. The zero-order valence-corrected chi connectivity index (χ0v) is 33.7. The van der Waals surface area contributed by atoms with E-state index in [-0.39, 0.29) is 60.6 Å². The van der Waals surface area contributed by atoms with E-state index >= 15 is 0 Å². The molecule has 0 radical (unpaired) electrons. The molecule has 2 aromatic rings. The largest absolute Gasteiger partial charge is 0.368 e. The summed E-state index contributed by atoms with van der Waals surface area (Å²) in [6.45, 7) is 1.22. The van der Waals surface area contributed by atoms with Crippen LogP contribution in [-0.2, 0) is 39.9 Å². The van der Waals surface area contributed by atoms with Crippen molar-refractivity contribution in [3.8, 4) is 0 Å². The fraction of sp³-hybridized carbons (Fsp3) is 0.609. The molecule has 2 N–H and O–H groups in total. The van der Waals surface area contributed by atoms with Gasteiger partial charge in [0.25, 0.3) is 5.91 Å². The quantitative estimate of drug-likeness (QED) is 0.306. The summed E-state index contributed by atoms with van der Waals surface area (Å²) >= 11 is 0. The summed E-state index contributed by atoms with van der Waals surface area (Å²) in [5.74, 6) is 0.265. The highest BCUT2D eigenvalue weighted by molar-refractivity contribution is 5.99. The van der Waals surface area contributed by atoms with Gasteiger partial charge in [-0.15, -0.1) is 0 Å². The van der Waals surface area contributed by atoms with Gasteiger partial charge in [0.05, 0.1) is 12.2 Å². The zero-order chi connectivity index (χ0) is 40.4. The molecule has 4 heterocycles. The van der Waals surface area contributed by atoms with Crippen LogP contribution in [-0.4, -0.2) is 108 Å². The molecule has 0 bridgehead atoms. The molecule has 6 aliphatic rings. The molecule has 4 amide bonds. The highest BCUT2D eigenvalue weighted by Crippen LogP contribution is 2.33. The van der Waals surface area contributed by atoms with E-state index in [1.165, 1.54) is 38.5 Å². The topological polar surface area (TPSA) is 151 Å². The van der Waals surface area contributed by atoms with Crippen molar-refractivity contribution in [3.05, 3.63) is 71.8 Å². The number of fused-ring (bicyclic) bond motifs is 2. The van der Waals surface area contributed by atoms with Gasteiger partial charge in [0.2, 0.25) is 17.7 Å². The molecule has 0 spiro atoms. The van der Waals surface area contributed by atoms with Crippen LogP contribution in [0.5, 0.6) is 0 Å². The number of rotatable bonds is 12. The minimum atomic E-state index is -0.594. The summed E-state index contributed by atoms with van der Waals surface area (Å²) in [6, 6.07) is 16.8. The van der Waals surface area contributed by atoms with Gasteiger partial charge in [-0.3, -0.25) is 28.8 Å². The number of amides is 4. The second-order valence-corrected chi connectivity index (χ2v) is 17.1. The van der Waals surface area contributed by atoms with Crippen LogP contribution in [0.1, 0.15) is 112 Å². The van der Waals surface area contributed by atoms with E-state index in [1.807, 2.05) is 48.5 Å². The molecular weight excluding hydrogens is 737 g/mol. The Morgan fingerprint density at radius 2 is 1.07 bits per heavy atom. The number of carbonyl (C=O) groups excluding carboxylic acids is 6. The maximum atomic E-state index is 13.4. The zero-order valence-electron chi connectivity index (χ0n) is 33.7. The number of Topliss-reactive ketones (excluding diaryl/α,β-unsaturated/α-hetero) is 2. The number of hydrogen-bond acceptors (Lipinski definition) is 8. The number of ketones is 2. The summed E-state index contributed by atoms with van der Waals surface area (Å²) in [5, 5.41) is 5.99. The monoisotopic (exact) mass is 796 g/mol. The van der Waals surface area contributed by atoms with E-state index in [1.54, 1.807) is 21.9 Å². The number of likely N-dealkylation sites (tertiary alicyclic amines) is 2. The highest BCUT2D eigenvalue weighted by atomic mass is 16.5. The summed E-state index contributed by atoms with van der Waals surface area (Å²) in [6.07, 6.45) is 15.0. The molecule has 8 rings (SSSR count). The van der Waals surface area contributed by atoms with Gasteiger partial charge in [-0.1, -0.05) is 113 Å². The number of hydrogen-bond donors (Lipinski definition) is 2. The lowest BCUT2D eigenvalue weighted by molar-refractivity contribution is -0.140. The Balaban J connectivity index is 0.000000177. The minimum Gasteiger partial charge on any atom is -0.368 e.